The van der Waals surface area contributed by atoms with E-state index in [4.69, 9.17) is 9.84 Å². The van der Waals surface area contributed by atoms with Crippen molar-refractivity contribution < 1.29 is 14.6 Å². The average molecular weight is 399 g/mol. The number of esters is 1. The van der Waals surface area contributed by atoms with Crippen molar-refractivity contribution in [2.24, 2.45) is 5.41 Å². The van der Waals surface area contributed by atoms with E-state index in [9.17, 15) is 4.79 Å². The Morgan fingerprint density at radius 1 is 0.714 bits per heavy atom. The number of hydrogen-bond donors (Lipinski definition) is 1. The summed E-state index contributed by atoms with van der Waals surface area (Å²) in [7, 11) is 0. The summed E-state index contributed by atoms with van der Waals surface area (Å²) in [5.41, 5.74) is 0.00252. The van der Waals surface area contributed by atoms with E-state index in [1.165, 1.54) is 103 Å². The number of aliphatic hydroxyl groups is 1. The summed E-state index contributed by atoms with van der Waals surface area (Å²) < 4.78 is 4.97. The molecule has 0 saturated carbocycles. The molecule has 3 nitrogen and oxygen atoms in total. The van der Waals surface area contributed by atoms with Gasteiger partial charge in [-0.25, -0.2) is 0 Å². The van der Waals surface area contributed by atoms with E-state index < -0.39 is 0 Å². The smallest absolute Gasteiger partial charge is 0.306 e. The molecule has 0 aromatic rings. The Hall–Kier alpha value is -0.570. The quantitative estimate of drug-likeness (QED) is 0.160. The second-order valence-corrected chi connectivity index (χ2v) is 9.34. The lowest BCUT2D eigenvalue weighted by atomic mass is 9.83. The highest BCUT2D eigenvalue weighted by Crippen LogP contribution is 2.28. The van der Waals surface area contributed by atoms with Gasteiger partial charge in [0.05, 0.1) is 13.0 Å². The molecule has 0 radical (unpaired) electrons. The zero-order valence-corrected chi connectivity index (χ0v) is 19.4. The molecule has 1 N–H and O–H groups in total. The van der Waals surface area contributed by atoms with Crippen molar-refractivity contribution in [1.29, 1.82) is 0 Å². The van der Waals surface area contributed by atoms with Gasteiger partial charge in [-0.2, -0.15) is 0 Å². The number of carbonyl (C=O) groups is 1. The van der Waals surface area contributed by atoms with Crippen LogP contribution in [0.25, 0.3) is 0 Å². The van der Waals surface area contributed by atoms with Gasteiger partial charge in [-0.05, 0) is 11.8 Å². The van der Waals surface area contributed by atoms with Gasteiger partial charge in [-0.15, -0.1) is 0 Å². The van der Waals surface area contributed by atoms with Crippen molar-refractivity contribution in [2.75, 3.05) is 13.2 Å². The van der Waals surface area contributed by atoms with Crippen LogP contribution in [0.15, 0.2) is 0 Å². The van der Waals surface area contributed by atoms with Gasteiger partial charge in [-0.3, -0.25) is 4.79 Å². The van der Waals surface area contributed by atoms with E-state index in [1.807, 2.05) is 0 Å². The van der Waals surface area contributed by atoms with Gasteiger partial charge in [0.25, 0.3) is 0 Å². The van der Waals surface area contributed by atoms with Crippen LogP contribution in [-0.4, -0.2) is 24.3 Å². The zero-order valence-electron chi connectivity index (χ0n) is 19.4. The van der Waals surface area contributed by atoms with Crippen molar-refractivity contribution in [3.63, 3.8) is 0 Å². The number of rotatable bonds is 21. The van der Waals surface area contributed by atoms with Crippen molar-refractivity contribution in [3.8, 4) is 0 Å². The minimum Gasteiger partial charge on any atom is -0.463 e. The van der Waals surface area contributed by atoms with E-state index >= 15 is 0 Å². The Morgan fingerprint density at radius 2 is 1.11 bits per heavy atom. The SMILES string of the molecule is CCCCCCCCCCCCCCCCCCC(C)(C)CC(=O)OCCO. The Kier molecular flexibility index (Phi) is 19.3. The number of ether oxygens (including phenoxy) is 1. The first kappa shape index (κ1) is 27.4. The predicted molar refractivity (Wildman–Crippen MR) is 121 cm³/mol. The maximum Gasteiger partial charge on any atom is 0.306 e. The molecule has 28 heavy (non-hydrogen) atoms. The molecule has 0 amide bonds. The largest absolute Gasteiger partial charge is 0.463 e. The lowest BCUT2D eigenvalue weighted by molar-refractivity contribution is -0.147. The third-order valence-corrected chi connectivity index (χ3v) is 5.68. The van der Waals surface area contributed by atoms with Crippen molar-refractivity contribution in [2.45, 2.75) is 136 Å². The molecule has 0 aliphatic heterocycles. The monoisotopic (exact) mass is 398 g/mol. The van der Waals surface area contributed by atoms with Gasteiger partial charge in [0.2, 0.25) is 0 Å². The number of unbranched alkanes of at least 4 members (excludes halogenated alkanes) is 15. The fourth-order valence-electron chi connectivity index (χ4n) is 3.84. The minimum atomic E-state index is -0.185. The normalized spacial score (nSPS) is 11.7. The fourth-order valence-corrected chi connectivity index (χ4v) is 3.84. The Balaban J connectivity index is 3.31. The first-order chi connectivity index (χ1) is 13.5. The minimum absolute atomic E-state index is 0.00252. The van der Waals surface area contributed by atoms with Crippen molar-refractivity contribution in [1.82, 2.24) is 0 Å². The molecule has 0 rings (SSSR count). The number of aliphatic hydroxyl groups excluding tert-OH is 1. The molecule has 0 bridgehead atoms. The van der Waals surface area contributed by atoms with Crippen LogP contribution in [-0.2, 0) is 9.53 Å². The predicted octanol–water partition coefficient (Wildman–Crippen LogP) is 7.59. The van der Waals surface area contributed by atoms with Gasteiger partial charge in [0.1, 0.15) is 6.61 Å². The molecule has 0 aliphatic carbocycles. The topological polar surface area (TPSA) is 46.5 Å². The van der Waals surface area contributed by atoms with Gasteiger partial charge in [-0.1, -0.05) is 124 Å². The van der Waals surface area contributed by atoms with Gasteiger partial charge in [0, 0.05) is 0 Å². The summed E-state index contributed by atoms with van der Waals surface area (Å²) in [6.45, 7) is 6.58. The Morgan fingerprint density at radius 3 is 1.50 bits per heavy atom. The summed E-state index contributed by atoms with van der Waals surface area (Å²) in [5.74, 6) is -0.185. The Bertz CT molecular complexity index is 339. The standard InChI is InChI=1S/C25H50O3/c1-4-5-6-7-8-9-10-11-12-13-14-15-16-17-18-19-20-25(2,3)23-24(27)28-22-21-26/h26H,4-23H2,1-3H3. The lowest BCUT2D eigenvalue weighted by Crippen LogP contribution is -2.20. The van der Waals surface area contributed by atoms with Gasteiger partial charge < -0.3 is 9.84 Å². The number of carbonyl (C=O) groups excluding carboxylic acids is 1. The first-order valence-electron chi connectivity index (χ1n) is 12.3. The summed E-state index contributed by atoms with van der Waals surface area (Å²) >= 11 is 0. The molecular weight excluding hydrogens is 348 g/mol. The molecule has 0 spiro atoms. The summed E-state index contributed by atoms with van der Waals surface area (Å²) in [6.07, 6.45) is 23.7. The molecule has 0 aromatic heterocycles. The summed E-state index contributed by atoms with van der Waals surface area (Å²) in [6, 6.07) is 0. The molecule has 0 saturated heterocycles. The second-order valence-electron chi connectivity index (χ2n) is 9.34. The molecule has 0 atom stereocenters. The summed E-state index contributed by atoms with van der Waals surface area (Å²) in [4.78, 5) is 11.7. The molecule has 0 unspecified atom stereocenters. The van der Waals surface area contributed by atoms with E-state index in [2.05, 4.69) is 20.8 Å². The molecule has 0 aliphatic rings. The van der Waals surface area contributed by atoms with Gasteiger partial charge >= 0.3 is 5.97 Å². The maximum atomic E-state index is 11.7. The van der Waals surface area contributed by atoms with Crippen molar-refractivity contribution in [3.05, 3.63) is 0 Å². The third kappa shape index (κ3) is 20.2. The van der Waals surface area contributed by atoms with E-state index in [0.717, 1.165) is 6.42 Å². The molecule has 3 heteroatoms. The van der Waals surface area contributed by atoms with Crippen LogP contribution in [0.3, 0.4) is 0 Å². The number of hydrogen-bond acceptors (Lipinski definition) is 3. The molecule has 0 fully saturated rings. The van der Waals surface area contributed by atoms with E-state index in [1.54, 1.807) is 0 Å². The zero-order chi connectivity index (χ0) is 20.9. The lowest BCUT2D eigenvalue weighted by Gasteiger charge is -2.23. The van der Waals surface area contributed by atoms with Crippen LogP contribution in [0.1, 0.15) is 136 Å². The highest BCUT2D eigenvalue weighted by Gasteiger charge is 2.22. The van der Waals surface area contributed by atoms with Crippen LogP contribution in [0, 0.1) is 5.41 Å². The fraction of sp³-hybridized carbons (Fsp3) is 0.960. The third-order valence-electron chi connectivity index (χ3n) is 5.68. The Labute approximate surface area is 176 Å². The second kappa shape index (κ2) is 19.7. The van der Waals surface area contributed by atoms with Crippen molar-refractivity contribution >= 4 is 5.97 Å². The van der Waals surface area contributed by atoms with Crippen LogP contribution in [0.4, 0.5) is 0 Å². The van der Waals surface area contributed by atoms with E-state index in [0.29, 0.717) is 6.42 Å². The highest BCUT2D eigenvalue weighted by molar-refractivity contribution is 5.70. The molecule has 0 heterocycles. The summed E-state index contributed by atoms with van der Waals surface area (Å²) in [5, 5.41) is 8.70. The molecule has 168 valence electrons. The molecular formula is C25H50O3. The van der Waals surface area contributed by atoms with Crippen LogP contribution >= 0.6 is 0 Å². The van der Waals surface area contributed by atoms with Crippen LogP contribution in [0.5, 0.6) is 0 Å². The van der Waals surface area contributed by atoms with Crippen LogP contribution in [0.2, 0.25) is 0 Å². The van der Waals surface area contributed by atoms with Gasteiger partial charge in [0.15, 0.2) is 0 Å². The molecule has 0 aromatic carbocycles. The first-order valence-corrected chi connectivity index (χ1v) is 12.3. The van der Waals surface area contributed by atoms with E-state index in [-0.39, 0.29) is 24.6 Å². The average Bonchev–Trinajstić information content (AvgIpc) is 2.65. The maximum absolute atomic E-state index is 11.7. The van der Waals surface area contributed by atoms with Crippen LogP contribution < -0.4 is 0 Å². The highest BCUT2D eigenvalue weighted by atomic mass is 16.5.